The van der Waals surface area contributed by atoms with Crippen molar-refractivity contribution in [2.75, 3.05) is 40.9 Å². The lowest BCUT2D eigenvalue weighted by atomic mass is 9.98. The standard InChI is InChI=1S/C9H21N3/c1-9(5-6-11(2)3)7-10-8-12(9)4/h10H,5-8H2,1-4H3. The maximum Gasteiger partial charge on any atom is 0.0483 e. The van der Waals surface area contributed by atoms with Gasteiger partial charge in [-0.1, -0.05) is 0 Å². The monoisotopic (exact) mass is 171 g/mol. The third-order valence-electron chi connectivity index (χ3n) is 2.87. The van der Waals surface area contributed by atoms with Gasteiger partial charge >= 0.3 is 0 Å². The van der Waals surface area contributed by atoms with Gasteiger partial charge in [-0.2, -0.15) is 0 Å². The van der Waals surface area contributed by atoms with Gasteiger partial charge < -0.3 is 10.2 Å². The van der Waals surface area contributed by atoms with Crippen molar-refractivity contribution in [3.63, 3.8) is 0 Å². The molecular weight excluding hydrogens is 150 g/mol. The van der Waals surface area contributed by atoms with Crippen molar-refractivity contribution in [1.29, 1.82) is 0 Å². The molecule has 0 radical (unpaired) electrons. The molecule has 3 heteroatoms. The second kappa shape index (κ2) is 3.73. The van der Waals surface area contributed by atoms with E-state index in [9.17, 15) is 0 Å². The molecule has 12 heavy (non-hydrogen) atoms. The third kappa shape index (κ3) is 2.19. The molecule has 0 aliphatic carbocycles. The topological polar surface area (TPSA) is 18.5 Å². The highest BCUT2D eigenvalue weighted by molar-refractivity contribution is 4.91. The first-order chi connectivity index (χ1) is 5.54. The van der Waals surface area contributed by atoms with E-state index in [1.165, 1.54) is 13.0 Å². The van der Waals surface area contributed by atoms with Crippen LogP contribution < -0.4 is 5.32 Å². The average Bonchev–Trinajstić information content (AvgIpc) is 2.30. The van der Waals surface area contributed by atoms with Crippen LogP contribution in [0.1, 0.15) is 13.3 Å². The van der Waals surface area contributed by atoms with Gasteiger partial charge in [-0.05, 0) is 41.0 Å². The van der Waals surface area contributed by atoms with Crippen molar-refractivity contribution in [2.24, 2.45) is 0 Å². The summed E-state index contributed by atoms with van der Waals surface area (Å²) in [6, 6.07) is 0. The quantitative estimate of drug-likeness (QED) is 0.654. The average molecular weight is 171 g/mol. The lowest BCUT2D eigenvalue weighted by molar-refractivity contribution is 0.176. The molecule has 3 nitrogen and oxygen atoms in total. The number of nitrogens with one attached hydrogen (secondary N) is 1. The van der Waals surface area contributed by atoms with Gasteiger partial charge in [0.05, 0.1) is 0 Å². The molecule has 1 aliphatic rings. The predicted molar refractivity (Wildman–Crippen MR) is 52.2 cm³/mol. The first kappa shape index (κ1) is 9.96. The van der Waals surface area contributed by atoms with Gasteiger partial charge in [0.25, 0.3) is 0 Å². The van der Waals surface area contributed by atoms with E-state index in [0.29, 0.717) is 5.54 Å². The van der Waals surface area contributed by atoms with E-state index in [1.54, 1.807) is 0 Å². The minimum atomic E-state index is 0.365. The molecule has 0 saturated carbocycles. The number of hydrogen-bond donors (Lipinski definition) is 1. The van der Waals surface area contributed by atoms with E-state index in [0.717, 1.165) is 13.2 Å². The second-order valence-corrected chi connectivity index (χ2v) is 4.33. The van der Waals surface area contributed by atoms with Gasteiger partial charge in [0, 0.05) is 18.8 Å². The van der Waals surface area contributed by atoms with E-state index >= 15 is 0 Å². The minimum Gasteiger partial charge on any atom is -0.309 e. The molecule has 0 amide bonds. The van der Waals surface area contributed by atoms with Crippen molar-refractivity contribution < 1.29 is 0 Å². The Bertz CT molecular complexity index is 147. The first-order valence-corrected chi connectivity index (χ1v) is 4.61. The summed E-state index contributed by atoms with van der Waals surface area (Å²) in [5.41, 5.74) is 0.365. The van der Waals surface area contributed by atoms with Crippen molar-refractivity contribution >= 4 is 0 Å². The highest BCUT2D eigenvalue weighted by Crippen LogP contribution is 2.20. The largest absolute Gasteiger partial charge is 0.309 e. The normalized spacial score (nSPS) is 31.8. The summed E-state index contributed by atoms with van der Waals surface area (Å²) in [7, 11) is 6.45. The zero-order valence-corrected chi connectivity index (χ0v) is 8.72. The Hall–Kier alpha value is -0.120. The molecule has 1 rings (SSSR count). The Morgan fingerprint density at radius 3 is 2.58 bits per heavy atom. The van der Waals surface area contributed by atoms with Crippen molar-refractivity contribution in [3.8, 4) is 0 Å². The van der Waals surface area contributed by atoms with E-state index in [4.69, 9.17) is 0 Å². The maximum atomic E-state index is 3.39. The van der Waals surface area contributed by atoms with E-state index in [-0.39, 0.29) is 0 Å². The van der Waals surface area contributed by atoms with Crippen LogP contribution in [-0.2, 0) is 0 Å². The van der Waals surface area contributed by atoms with Gasteiger partial charge in [-0.15, -0.1) is 0 Å². The number of nitrogens with zero attached hydrogens (tertiary/aromatic N) is 2. The Morgan fingerprint density at radius 2 is 2.17 bits per heavy atom. The van der Waals surface area contributed by atoms with Crippen LogP contribution in [-0.4, -0.2) is 56.2 Å². The van der Waals surface area contributed by atoms with Crippen LogP contribution in [0.3, 0.4) is 0 Å². The summed E-state index contributed by atoms with van der Waals surface area (Å²) in [5, 5.41) is 3.39. The lowest BCUT2D eigenvalue weighted by Crippen LogP contribution is -2.42. The molecule has 72 valence electrons. The zero-order chi connectivity index (χ0) is 9.19. The highest BCUT2D eigenvalue weighted by atomic mass is 15.3. The Labute approximate surface area is 75.7 Å². The fourth-order valence-corrected chi connectivity index (χ4v) is 1.56. The van der Waals surface area contributed by atoms with E-state index in [1.807, 2.05) is 0 Å². The fraction of sp³-hybridized carbons (Fsp3) is 1.00. The Balaban J connectivity index is 2.37. The van der Waals surface area contributed by atoms with Crippen LogP contribution in [0, 0.1) is 0 Å². The summed E-state index contributed by atoms with van der Waals surface area (Å²) in [6.07, 6.45) is 1.24. The van der Waals surface area contributed by atoms with Crippen LogP contribution in [0.15, 0.2) is 0 Å². The van der Waals surface area contributed by atoms with Crippen molar-refractivity contribution in [2.45, 2.75) is 18.9 Å². The van der Waals surface area contributed by atoms with Gasteiger partial charge in [0.15, 0.2) is 0 Å². The molecule has 0 bridgehead atoms. The van der Waals surface area contributed by atoms with Gasteiger partial charge in [-0.25, -0.2) is 0 Å². The molecule has 1 atom stereocenters. The molecule has 0 aromatic rings. The van der Waals surface area contributed by atoms with Crippen LogP contribution in [0.4, 0.5) is 0 Å². The molecular formula is C9H21N3. The summed E-state index contributed by atoms with van der Waals surface area (Å²) in [6.45, 7) is 5.65. The molecule has 0 aromatic carbocycles. The highest BCUT2D eigenvalue weighted by Gasteiger charge is 2.32. The SMILES string of the molecule is CN(C)CCC1(C)CNCN1C. The summed E-state index contributed by atoms with van der Waals surface area (Å²) < 4.78 is 0. The zero-order valence-electron chi connectivity index (χ0n) is 8.72. The molecule has 1 N–H and O–H groups in total. The molecule has 1 heterocycles. The maximum absolute atomic E-state index is 3.39. The van der Waals surface area contributed by atoms with Crippen LogP contribution in [0.25, 0.3) is 0 Å². The van der Waals surface area contributed by atoms with Crippen LogP contribution in [0.5, 0.6) is 0 Å². The van der Waals surface area contributed by atoms with Gasteiger partial charge in [0.2, 0.25) is 0 Å². The molecule has 1 saturated heterocycles. The van der Waals surface area contributed by atoms with Crippen molar-refractivity contribution in [1.82, 2.24) is 15.1 Å². The third-order valence-corrected chi connectivity index (χ3v) is 2.87. The summed E-state index contributed by atoms with van der Waals surface area (Å²) >= 11 is 0. The van der Waals surface area contributed by atoms with E-state index < -0.39 is 0 Å². The first-order valence-electron chi connectivity index (χ1n) is 4.61. The molecule has 1 unspecified atom stereocenters. The molecule has 1 fully saturated rings. The summed E-state index contributed by atoms with van der Waals surface area (Å²) in [5.74, 6) is 0. The Kier molecular flexibility index (Phi) is 3.09. The fourth-order valence-electron chi connectivity index (χ4n) is 1.56. The molecule has 0 spiro atoms. The minimum absolute atomic E-state index is 0.365. The van der Waals surface area contributed by atoms with Gasteiger partial charge in [0.1, 0.15) is 0 Å². The lowest BCUT2D eigenvalue weighted by Gasteiger charge is -2.32. The van der Waals surface area contributed by atoms with Gasteiger partial charge in [-0.3, -0.25) is 4.90 Å². The summed E-state index contributed by atoms with van der Waals surface area (Å²) in [4.78, 5) is 4.65. The Morgan fingerprint density at radius 1 is 1.50 bits per heavy atom. The van der Waals surface area contributed by atoms with E-state index in [2.05, 4.69) is 43.2 Å². The van der Waals surface area contributed by atoms with Crippen molar-refractivity contribution in [3.05, 3.63) is 0 Å². The molecule has 1 aliphatic heterocycles. The second-order valence-electron chi connectivity index (χ2n) is 4.33. The van der Waals surface area contributed by atoms with Crippen LogP contribution >= 0.6 is 0 Å². The molecule has 0 aromatic heterocycles. The number of likely N-dealkylation sites (N-methyl/N-ethyl adjacent to an activating group) is 1. The number of hydrogen-bond acceptors (Lipinski definition) is 3. The number of rotatable bonds is 3. The smallest absolute Gasteiger partial charge is 0.0483 e. The predicted octanol–water partition coefficient (Wildman–Crippen LogP) is 0.189. The van der Waals surface area contributed by atoms with Crippen LogP contribution in [0.2, 0.25) is 0 Å².